The number of hydrogen-bond acceptors (Lipinski definition) is 8. The molecule has 1 saturated heterocycles. The monoisotopic (exact) mass is 608 g/mol. The average Bonchev–Trinajstić information content (AvgIpc) is 2.98. The Morgan fingerprint density at radius 3 is 2.44 bits per heavy atom. The number of unbranched alkanes of at least 4 members (excludes halogenated alkanes) is 1. The summed E-state index contributed by atoms with van der Waals surface area (Å²) in [5.74, 6) is 0.514. The minimum atomic E-state index is -0.699. The quantitative estimate of drug-likeness (QED) is 0.332. The Bertz CT molecular complexity index is 1170. The maximum atomic E-state index is 12.7. The van der Waals surface area contributed by atoms with Crippen molar-refractivity contribution in [3.8, 4) is 5.75 Å². The number of benzene rings is 2. The number of hydrogen-bond donors (Lipinski definition) is 2. The number of nitrogens with zero attached hydrogens (tertiary/aromatic N) is 4. The van der Waals surface area contributed by atoms with E-state index in [1.807, 2.05) is 30.3 Å². The molecule has 4 rings (SSSR count). The molecule has 2 amide bonds. The second-order valence-corrected chi connectivity index (χ2v) is 10.8. The largest absolute Gasteiger partial charge is 0.494 e. The molecule has 0 aromatic heterocycles. The molecule has 2 aromatic carbocycles. The van der Waals surface area contributed by atoms with Crippen LogP contribution in [-0.4, -0.2) is 104 Å². The molecule has 10 nitrogen and oxygen atoms in total. The molecule has 2 aliphatic heterocycles. The highest BCUT2D eigenvalue weighted by Gasteiger charge is 2.27. The Morgan fingerprint density at radius 1 is 0.951 bits per heavy atom. The molecular weight excluding hydrogens is 571 g/mol. The van der Waals surface area contributed by atoms with Crippen LogP contribution in [0.4, 0.5) is 16.2 Å². The number of anilines is 2. The van der Waals surface area contributed by atoms with E-state index in [9.17, 15) is 9.59 Å². The fraction of sp³-hybridized carbons (Fsp3) is 0.517. The zero-order valence-corrected chi connectivity index (χ0v) is 24.7. The lowest BCUT2D eigenvalue weighted by Crippen LogP contribution is -2.46. The lowest BCUT2D eigenvalue weighted by molar-refractivity contribution is -0.119. The van der Waals surface area contributed by atoms with Crippen LogP contribution in [0.15, 0.2) is 36.4 Å². The van der Waals surface area contributed by atoms with Crippen LogP contribution in [0.3, 0.4) is 0 Å². The molecule has 2 aliphatic rings. The van der Waals surface area contributed by atoms with E-state index < -0.39 is 6.09 Å². The lowest BCUT2D eigenvalue weighted by atomic mass is 10.0. The molecule has 224 valence electrons. The molecule has 0 unspecified atom stereocenters. The number of rotatable bonds is 13. The van der Waals surface area contributed by atoms with E-state index >= 15 is 0 Å². The van der Waals surface area contributed by atoms with Gasteiger partial charge in [0.1, 0.15) is 5.75 Å². The first kappa shape index (κ1) is 31.2. The molecule has 0 aliphatic carbocycles. The zero-order chi connectivity index (χ0) is 29.2. The number of carbonyl (C=O) groups excluding carboxylic acids is 2. The number of piperazine rings is 1. The smallest absolute Gasteiger partial charge is 0.411 e. The van der Waals surface area contributed by atoms with Gasteiger partial charge in [-0.15, -0.1) is 0 Å². The predicted molar refractivity (Wildman–Crippen MR) is 159 cm³/mol. The highest BCUT2D eigenvalue weighted by molar-refractivity contribution is 6.43. The molecule has 2 aromatic rings. The fourth-order valence-electron chi connectivity index (χ4n) is 5.07. The van der Waals surface area contributed by atoms with E-state index in [1.165, 1.54) is 9.80 Å². The number of aryl methyl sites for hydroxylation is 1. The molecule has 0 atom stereocenters. The first-order valence-corrected chi connectivity index (χ1v) is 14.8. The average molecular weight is 610 g/mol. The summed E-state index contributed by atoms with van der Waals surface area (Å²) in [6.07, 6.45) is 2.12. The van der Waals surface area contributed by atoms with Crippen LogP contribution in [0.5, 0.6) is 5.75 Å². The third-order valence-electron chi connectivity index (χ3n) is 7.35. The first-order chi connectivity index (χ1) is 19.9. The Labute approximate surface area is 250 Å². The second-order valence-electron chi connectivity index (χ2n) is 10.0. The molecule has 0 radical (unpaired) electrons. The second kappa shape index (κ2) is 15.5. The molecule has 0 bridgehead atoms. The standard InChI is InChI=1S/C29H38Cl2N4O6/c30-24-4-3-5-25(28(24)31)33-13-11-32(12-14-33)10-1-2-19-40-23-8-6-22-7-9-27(38)35(26(22)20-23)21-41-29(39)34(15-17-36)16-18-37/h3-6,8,20,36-37H,1-2,7,9-19,21H2. The maximum Gasteiger partial charge on any atom is 0.411 e. The van der Waals surface area contributed by atoms with Crippen molar-refractivity contribution in [1.29, 1.82) is 0 Å². The Balaban J connectivity index is 1.21. The van der Waals surface area contributed by atoms with Gasteiger partial charge in [0.15, 0.2) is 6.73 Å². The van der Waals surface area contributed by atoms with Crippen LogP contribution in [0, 0.1) is 0 Å². The topological polar surface area (TPSA) is 106 Å². The van der Waals surface area contributed by atoms with Gasteiger partial charge < -0.3 is 29.5 Å². The first-order valence-electron chi connectivity index (χ1n) is 14.0. The van der Waals surface area contributed by atoms with Crippen LogP contribution in [0.25, 0.3) is 0 Å². The summed E-state index contributed by atoms with van der Waals surface area (Å²) in [5.41, 5.74) is 2.63. The number of aliphatic hydroxyl groups excluding tert-OH is 2. The number of amides is 2. The van der Waals surface area contributed by atoms with E-state index in [0.717, 1.165) is 56.8 Å². The van der Waals surface area contributed by atoms with Crippen molar-refractivity contribution < 1.29 is 29.3 Å². The van der Waals surface area contributed by atoms with Gasteiger partial charge in [-0.1, -0.05) is 35.3 Å². The molecule has 0 saturated carbocycles. The van der Waals surface area contributed by atoms with E-state index in [2.05, 4.69) is 9.80 Å². The number of aliphatic hydroxyl groups is 2. The minimum Gasteiger partial charge on any atom is -0.494 e. The van der Waals surface area contributed by atoms with Crippen molar-refractivity contribution in [3.63, 3.8) is 0 Å². The molecule has 41 heavy (non-hydrogen) atoms. The van der Waals surface area contributed by atoms with Crippen LogP contribution in [0.2, 0.25) is 10.0 Å². The summed E-state index contributed by atoms with van der Waals surface area (Å²) in [6.45, 7) is 4.58. The van der Waals surface area contributed by atoms with E-state index in [4.69, 9.17) is 42.9 Å². The van der Waals surface area contributed by atoms with Crippen LogP contribution in [0.1, 0.15) is 24.8 Å². The maximum absolute atomic E-state index is 12.7. The van der Waals surface area contributed by atoms with Gasteiger partial charge in [0, 0.05) is 51.8 Å². The molecule has 2 N–H and O–H groups in total. The van der Waals surface area contributed by atoms with E-state index in [-0.39, 0.29) is 38.9 Å². The number of fused-ring (bicyclic) bond motifs is 1. The molecule has 2 heterocycles. The van der Waals surface area contributed by atoms with Crippen LogP contribution < -0.4 is 14.5 Å². The van der Waals surface area contributed by atoms with Crippen molar-refractivity contribution in [2.45, 2.75) is 25.7 Å². The third-order valence-corrected chi connectivity index (χ3v) is 8.16. The Kier molecular flexibility index (Phi) is 11.8. The van der Waals surface area contributed by atoms with Gasteiger partial charge in [0.05, 0.1) is 41.2 Å². The van der Waals surface area contributed by atoms with Crippen LogP contribution >= 0.6 is 23.2 Å². The van der Waals surface area contributed by atoms with Gasteiger partial charge in [0.2, 0.25) is 5.91 Å². The number of halogens is 2. The van der Waals surface area contributed by atoms with Gasteiger partial charge in [-0.3, -0.25) is 14.6 Å². The van der Waals surface area contributed by atoms with Crippen molar-refractivity contribution in [2.75, 3.05) is 82.2 Å². The summed E-state index contributed by atoms with van der Waals surface area (Å²) in [5, 5.41) is 19.5. The fourth-order valence-corrected chi connectivity index (χ4v) is 5.49. The SMILES string of the molecule is O=C(OCN1C(=O)CCc2ccc(OCCCCN3CCN(c4cccc(Cl)c4Cl)CC3)cc21)N(CCO)CCO. The normalized spacial score (nSPS) is 15.6. The van der Waals surface area contributed by atoms with Crippen LogP contribution in [-0.2, 0) is 16.0 Å². The Hall–Kier alpha value is -2.76. The van der Waals surface area contributed by atoms with Crippen molar-refractivity contribution >= 4 is 46.6 Å². The number of carbonyl (C=O) groups is 2. The zero-order valence-electron chi connectivity index (χ0n) is 23.1. The summed E-state index contributed by atoms with van der Waals surface area (Å²) in [4.78, 5) is 32.4. The summed E-state index contributed by atoms with van der Waals surface area (Å²) in [6, 6.07) is 11.4. The van der Waals surface area contributed by atoms with Crippen molar-refractivity contribution in [1.82, 2.24) is 9.80 Å². The van der Waals surface area contributed by atoms with Crippen molar-refractivity contribution in [3.05, 3.63) is 52.0 Å². The number of ether oxygens (including phenoxy) is 2. The minimum absolute atomic E-state index is 0.0377. The molecular formula is C29H38Cl2N4O6. The van der Waals surface area contributed by atoms with Crippen molar-refractivity contribution in [2.24, 2.45) is 0 Å². The highest BCUT2D eigenvalue weighted by Crippen LogP contribution is 2.33. The van der Waals surface area contributed by atoms with E-state index in [1.54, 1.807) is 6.07 Å². The summed E-state index contributed by atoms with van der Waals surface area (Å²) >= 11 is 12.6. The van der Waals surface area contributed by atoms with Gasteiger partial charge in [0.25, 0.3) is 0 Å². The van der Waals surface area contributed by atoms with Gasteiger partial charge in [-0.05, 0) is 49.6 Å². The predicted octanol–water partition coefficient (Wildman–Crippen LogP) is 3.63. The molecule has 1 fully saturated rings. The van der Waals surface area contributed by atoms with Gasteiger partial charge in [-0.2, -0.15) is 0 Å². The molecule has 12 heteroatoms. The summed E-state index contributed by atoms with van der Waals surface area (Å²) < 4.78 is 11.3. The summed E-state index contributed by atoms with van der Waals surface area (Å²) in [7, 11) is 0. The van der Waals surface area contributed by atoms with Gasteiger partial charge >= 0.3 is 6.09 Å². The third kappa shape index (κ3) is 8.39. The van der Waals surface area contributed by atoms with Gasteiger partial charge in [-0.25, -0.2) is 4.79 Å². The lowest BCUT2D eigenvalue weighted by Gasteiger charge is -2.36. The van der Waals surface area contributed by atoms with E-state index in [0.29, 0.717) is 40.9 Å². The highest BCUT2D eigenvalue weighted by atomic mass is 35.5. The Morgan fingerprint density at radius 2 is 1.71 bits per heavy atom. The molecule has 0 spiro atoms.